The lowest BCUT2D eigenvalue weighted by Gasteiger charge is -2.05. The van der Waals surface area contributed by atoms with E-state index >= 15 is 0 Å². The highest BCUT2D eigenvalue weighted by Gasteiger charge is 2.02. The van der Waals surface area contributed by atoms with Crippen LogP contribution in [-0.4, -0.2) is 15.9 Å². The molecular weight excluding hydrogens is 190 g/mol. The van der Waals surface area contributed by atoms with Crippen molar-refractivity contribution in [1.29, 1.82) is 0 Å². The standard InChI is InChI=1S/C11H13N3O/c1-8-3-2-4-10-13-9(5-6-12)7-11(15)14(8)10/h2-4,7H,5-6,12H2,1H3. The third-order valence-corrected chi connectivity index (χ3v) is 2.33. The SMILES string of the molecule is Cc1cccc2nc(CCN)cc(=O)n12. The quantitative estimate of drug-likeness (QED) is 0.773. The highest BCUT2D eigenvalue weighted by molar-refractivity contribution is 5.40. The minimum Gasteiger partial charge on any atom is -0.330 e. The molecule has 2 heterocycles. The van der Waals surface area contributed by atoms with Crippen molar-refractivity contribution in [3.05, 3.63) is 46.0 Å². The molecule has 2 aromatic rings. The number of hydrogen-bond acceptors (Lipinski definition) is 3. The van der Waals surface area contributed by atoms with E-state index in [4.69, 9.17) is 5.73 Å². The monoisotopic (exact) mass is 203 g/mol. The van der Waals surface area contributed by atoms with Gasteiger partial charge in [0.2, 0.25) is 0 Å². The molecule has 0 aliphatic carbocycles. The van der Waals surface area contributed by atoms with Crippen molar-refractivity contribution in [1.82, 2.24) is 9.38 Å². The Labute approximate surface area is 87.4 Å². The maximum atomic E-state index is 11.8. The molecule has 4 heteroatoms. The normalized spacial score (nSPS) is 10.8. The molecule has 2 aromatic heterocycles. The summed E-state index contributed by atoms with van der Waals surface area (Å²) in [6, 6.07) is 7.16. The summed E-state index contributed by atoms with van der Waals surface area (Å²) < 4.78 is 1.60. The van der Waals surface area contributed by atoms with Gasteiger partial charge in [0.1, 0.15) is 5.65 Å². The zero-order valence-electron chi connectivity index (χ0n) is 8.60. The number of fused-ring (bicyclic) bond motifs is 1. The van der Waals surface area contributed by atoms with E-state index in [1.54, 1.807) is 10.5 Å². The number of hydrogen-bond donors (Lipinski definition) is 1. The molecule has 0 aromatic carbocycles. The van der Waals surface area contributed by atoms with E-state index < -0.39 is 0 Å². The predicted octanol–water partition coefficient (Wildman–Crippen LogP) is 0.504. The largest absolute Gasteiger partial charge is 0.330 e. The van der Waals surface area contributed by atoms with Crippen molar-refractivity contribution in [3.63, 3.8) is 0 Å². The van der Waals surface area contributed by atoms with Gasteiger partial charge in [-0.1, -0.05) is 6.07 Å². The van der Waals surface area contributed by atoms with Crippen molar-refractivity contribution < 1.29 is 0 Å². The molecule has 0 spiro atoms. The second-order valence-corrected chi connectivity index (χ2v) is 3.49. The second kappa shape index (κ2) is 3.82. The zero-order chi connectivity index (χ0) is 10.8. The average Bonchev–Trinajstić information content (AvgIpc) is 2.17. The fraction of sp³-hybridized carbons (Fsp3) is 0.273. The molecule has 0 unspecified atom stereocenters. The van der Waals surface area contributed by atoms with Gasteiger partial charge in [0.05, 0.1) is 0 Å². The summed E-state index contributed by atoms with van der Waals surface area (Å²) in [4.78, 5) is 16.1. The Bertz CT molecular complexity index is 545. The Morgan fingerprint density at radius 2 is 2.27 bits per heavy atom. The van der Waals surface area contributed by atoms with E-state index in [-0.39, 0.29) is 5.56 Å². The summed E-state index contributed by atoms with van der Waals surface area (Å²) in [7, 11) is 0. The van der Waals surface area contributed by atoms with Crippen LogP contribution in [0, 0.1) is 6.92 Å². The lowest BCUT2D eigenvalue weighted by molar-refractivity contribution is 0.891. The molecular formula is C11H13N3O. The van der Waals surface area contributed by atoms with Crippen LogP contribution in [0.5, 0.6) is 0 Å². The Hall–Kier alpha value is -1.68. The first-order valence-electron chi connectivity index (χ1n) is 4.91. The van der Waals surface area contributed by atoms with Crippen LogP contribution >= 0.6 is 0 Å². The van der Waals surface area contributed by atoms with Gasteiger partial charge in [-0.25, -0.2) is 4.98 Å². The van der Waals surface area contributed by atoms with E-state index in [1.165, 1.54) is 0 Å². The van der Waals surface area contributed by atoms with Crippen LogP contribution in [0.1, 0.15) is 11.4 Å². The van der Waals surface area contributed by atoms with Crippen LogP contribution in [-0.2, 0) is 6.42 Å². The van der Waals surface area contributed by atoms with Crippen molar-refractivity contribution in [2.75, 3.05) is 6.54 Å². The Morgan fingerprint density at radius 1 is 1.47 bits per heavy atom. The van der Waals surface area contributed by atoms with Gasteiger partial charge in [-0.2, -0.15) is 0 Å². The molecule has 0 amide bonds. The summed E-state index contributed by atoms with van der Waals surface area (Å²) in [5, 5.41) is 0. The van der Waals surface area contributed by atoms with Gasteiger partial charge in [0.15, 0.2) is 0 Å². The number of nitrogens with two attached hydrogens (primary N) is 1. The molecule has 0 bridgehead atoms. The molecule has 2 N–H and O–H groups in total. The lowest BCUT2D eigenvalue weighted by atomic mass is 10.3. The number of aryl methyl sites for hydroxylation is 1. The Kier molecular flexibility index (Phi) is 2.51. The highest BCUT2D eigenvalue weighted by Crippen LogP contribution is 2.02. The molecule has 0 saturated heterocycles. The summed E-state index contributed by atoms with van der Waals surface area (Å²) in [6.07, 6.45) is 0.639. The number of aromatic nitrogens is 2. The van der Waals surface area contributed by atoms with Crippen LogP contribution in [0.15, 0.2) is 29.1 Å². The van der Waals surface area contributed by atoms with Crippen molar-refractivity contribution in [2.45, 2.75) is 13.3 Å². The van der Waals surface area contributed by atoms with Gasteiger partial charge >= 0.3 is 0 Å². The average molecular weight is 203 g/mol. The Morgan fingerprint density at radius 3 is 3.00 bits per heavy atom. The zero-order valence-corrected chi connectivity index (χ0v) is 8.60. The summed E-state index contributed by atoms with van der Waals surface area (Å²) in [5.41, 5.74) is 7.73. The molecule has 0 saturated carbocycles. The molecule has 78 valence electrons. The van der Waals surface area contributed by atoms with Crippen molar-refractivity contribution in [2.24, 2.45) is 5.73 Å². The van der Waals surface area contributed by atoms with E-state index in [0.717, 1.165) is 11.4 Å². The van der Waals surface area contributed by atoms with Crippen LogP contribution in [0.25, 0.3) is 5.65 Å². The van der Waals surface area contributed by atoms with Crippen molar-refractivity contribution >= 4 is 5.65 Å². The van der Waals surface area contributed by atoms with Crippen LogP contribution in [0.4, 0.5) is 0 Å². The summed E-state index contributed by atoms with van der Waals surface area (Å²) >= 11 is 0. The maximum Gasteiger partial charge on any atom is 0.258 e. The van der Waals surface area contributed by atoms with Gasteiger partial charge in [-0.15, -0.1) is 0 Å². The lowest BCUT2D eigenvalue weighted by Crippen LogP contribution is -2.18. The molecule has 4 nitrogen and oxygen atoms in total. The van der Waals surface area contributed by atoms with Gasteiger partial charge in [0, 0.05) is 23.9 Å². The van der Waals surface area contributed by atoms with Crippen molar-refractivity contribution in [3.8, 4) is 0 Å². The third-order valence-electron chi connectivity index (χ3n) is 2.33. The minimum absolute atomic E-state index is 0.0402. The fourth-order valence-electron chi connectivity index (χ4n) is 1.64. The number of nitrogens with zero attached hydrogens (tertiary/aromatic N) is 2. The smallest absolute Gasteiger partial charge is 0.258 e. The molecule has 0 aliphatic heterocycles. The van der Waals surface area contributed by atoms with Crippen LogP contribution in [0.3, 0.4) is 0 Å². The van der Waals surface area contributed by atoms with Gasteiger partial charge in [0.25, 0.3) is 5.56 Å². The highest BCUT2D eigenvalue weighted by atomic mass is 16.1. The molecule has 0 radical (unpaired) electrons. The first-order valence-corrected chi connectivity index (χ1v) is 4.91. The molecule has 15 heavy (non-hydrogen) atoms. The van der Waals surface area contributed by atoms with Crippen LogP contribution in [0.2, 0.25) is 0 Å². The number of pyridine rings is 1. The predicted molar refractivity (Wildman–Crippen MR) is 59.0 cm³/mol. The third kappa shape index (κ3) is 1.76. The molecule has 0 aliphatic rings. The van der Waals surface area contributed by atoms with Gasteiger partial charge in [-0.3, -0.25) is 9.20 Å². The summed E-state index contributed by atoms with van der Waals surface area (Å²) in [6.45, 7) is 2.40. The fourth-order valence-corrected chi connectivity index (χ4v) is 1.64. The Balaban J connectivity index is 2.73. The van der Waals surface area contributed by atoms with E-state index in [2.05, 4.69) is 4.98 Å². The first kappa shape index (κ1) is 9.86. The van der Waals surface area contributed by atoms with Crippen LogP contribution < -0.4 is 11.3 Å². The molecule has 2 rings (SSSR count). The maximum absolute atomic E-state index is 11.8. The molecule has 0 fully saturated rings. The van der Waals surface area contributed by atoms with Gasteiger partial charge < -0.3 is 5.73 Å². The summed E-state index contributed by atoms with van der Waals surface area (Å²) in [5.74, 6) is 0. The second-order valence-electron chi connectivity index (χ2n) is 3.49. The number of rotatable bonds is 2. The van der Waals surface area contributed by atoms with E-state index in [1.807, 2.05) is 25.1 Å². The first-order chi connectivity index (χ1) is 7.22. The van der Waals surface area contributed by atoms with E-state index in [9.17, 15) is 4.79 Å². The van der Waals surface area contributed by atoms with Gasteiger partial charge in [-0.05, 0) is 25.6 Å². The molecule has 0 atom stereocenters. The minimum atomic E-state index is -0.0402. The van der Waals surface area contributed by atoms with E-state index in [0.29, 0.717) is 18.6 Å². The topological polar surface area (TPSA) is 60.4 Å².